The van der Waals surface area contributed by atoms with E-state index in [1.807, 2.05) is 99.0 Å². The highest BCUT2D eigenvalue weighted by Crippen LogP contribution is 2.30. The van der Waals surface area contributed by atoms with Crippen LogP contribution in [0.25, 0.3) is 0 Å². The lowest BCUT2D eigenvalue weighted by molar-refractivity contribution is 0.251. The molecule has 1 aliphatic rings. The lowest BCUT2D eigenvalue weighted by Crippen LogP contribution is -2.78. The van der Waals surface area contributed by atoms with E-state index < -0.39 is 34.2 Å². The smallest absolute Gasteiger partial charge is 0.371 e. The molecule has 1 fully saturated rings. The van der Waals surface area contributed by atoms with E-state index >= 15 is 0 Å². The Bertz CT molecular complexity index is 1090. The summed E-state index contributed by atoms with van der Waals surface area (Å²) in [4.78, 5) is 18.7. The van der Waals surface area contributed by atoms with Crippen LogP contribution in [0, 0.1) is 0 Å². The molecule has 4 aromatic rings. The molecule has 8 nitrogen and oxygen atoms in total. The number of hydrogen-bond acceptors (Lipinski definition) is 8. The summed E-state index contributed by atoms with van der Waals surface area (Å²) in [6, 6.07) is 23.1. The van der Waals surface area contributed by atoms with E-state index in [-0.39, 0.29) is 0 Å². The van der Waals surface area contributed by atoms with Crippen LogP contribution in [0.5, 0.6) is 0 Å². The Morgan fingerprint density at radius 3 is 0.778 bits per heavy atom. The fourth-order valence-corrected chi connectivity index (χ4v) is 24.8. The maximum absolute atomic E-state index is 7.11. The molecule has 0 atom stereocenters. The zero-order chi connectivity index (χ0) is 25.3. The van der Waals surface area contributed by atoms with Crippen LogP contribution in [-0.2, 0) is 16.5 Å². The Morgan fingerprint density at radius 2 is 0.611 bits per heavy atom. The van der Waals surface area contributed by atoms with Gasteiger partial charge in [0.25, 0.3) is 0 Å². The van der Waals surface area contributed by atoms with Gasteiger partial charge >= 0.3 is 34.2 Å². The Kier molecular flexibility index (Phi) is 6.69. The van der Waals surface area contributed by atoms with Crippen LogP contribution in [0.3, 0.4) is 0 Å². The molecular formula is C24H28N4O4Si4. The molecular weight excluding hydrogens is 521 g/mol. The van der Waals surface area contributed by atoms with E-state index in [0.717, 1.165) is 21.3 Å². The third-order valence-electron chi connectivity index (χ3n) is 6.08. The van der Waals surface area contributed by atoms with Crippen molar-refractivity contribution < 1.29 is 16.5 Å². The van der Waals surface area contributed by atoms with Gasteiger partial charge in [0, 0.05) is 24.8 Å². The van der Waals surface area contributed by atoms with E-state index in [2.05, 4.69) is 19.9 Å². The molecule has 0 aliphatic carbocycles. The van der Waals surface area contributed by atoms with E-state index in [4.69, 9.17) is 16.5 Å². The van der Waals surface area contributed by atoms with Crippen LogP contribution in [0.2, 0.25) is 26.2 Å². The van der Waals surface area contributed by atoms with Gasteiger partial charge in [0.05, 0.1) is 21.3 Å². The molecule has 5 heterocycles. The maximum Gasteiger partial charge on any atom is 0.371 e. The quantitative estimate of drug-likeness (QED) is 0.355. The summed E-state index contributed by atoms with van der Waals surface area (Å²) in [5.74, 6) is 0. The van der Waals surface area contributed by atoms with Crippen LogP contribution in [0.15, 0.2) is 97.6 Å². The van der Waals surface area contributed by atoms with Crippen LogP contribution < -0.4 is 21.3 Å². The summed E-state index contributed by atoms with van der Waals surface area (Å²) in [6.45, 7) is 8.04. The largest absolute Gasteiger partial charge is 0.407 e. The van der Waals surface area contributed by atoms with Crippen molar-refractivity contribution in [2.45, 2.75) is 26.2 Å². The molecule has 0 spiro atoms. The predicted octanol–water partition coefficient (Wildman–Crippen LogP) is 1.56. The minimum atomic E-state index is -3.21. The van der Waals surface area contributed by atoms with E-state index in [1.54, 1.807) is 24.8 Å². The summed E-state index contributed by atoms with van der Waals surface area (Å²) in [6.07, 6.45) is 7.03. The van der Waals surface area contributed by atoms with E-state index in [1.165, 1.54) is 0 Å². The van der Waals surface area contributed by atoms with Crippen molar-refractivity contribution in [3.63, 3.8) is 0 Å². The zero-order valence-corrected chi connectivity index (χ0v) is 24.7. The highest BCUT2D eigenvalue weighted by molar-refractivity contribution is 7.04. The van der Waals surface area contributed by atoms with Crippen molar-refractivity contribution in [3.05, 3.63) is 97.6 Å². The number of hydrogen-bond donors (Lipinski definition) is 0. The Morgan fingerprint density at radius 1 is 0.389 bits per heavy atom. The average molecular weight is 549 g/mol. The van der Waals surface area contributed by atoms with Gasteiger partial charge in [0.1, 0.15) is 0 Å². The summed E-state index contributed by atoms with van der Waals surface area (Å²) in [5, 5.41) is 3.02. The first-order valence-corrected chi connectivity index (χ1v) is 21.0. The number of pyridine rings is 4. The van der Waals surface area contributed by atoms with Crippen molar-refractivity contribution in [2.75, 3.05) is 0 Å². The van der Waals surface area contributed by atoms with Crippen molar-refractivity contribution >= 4 is 55.5 Å². The lowest BCUT2D eigenvalue weighted by Gasteiger charge is -2.48. The summed E-state index contributed by atoms with van der Waals surface area (Å²) >= 11 is 0. The second kappa shape index (κ2) is 9.64. The van der Waals surface area contributed by atoms with Crippen LogP contribution >= 0.6 is 0 Å². The Balaban J connectivity index is 1.73. The summed E-state index contributed by atoms with van der Waals surface area (Å²) in [5.41, 5.74) is 0. The molecule has 0 N–H and O–H groups in total. The molecule has 0 radical (unpaired) electrons. The van der Waals surface area contributed by atoms with Crippen LogP contribution in [-0.4, -0.2) is 54.2 Å². The second-order valence-electron chi connectivity index (χ2n) is 9.05. The molecule has 184 valence electrons. The van der Waals surface area contributed by atoms with Gasteiger partial charge in [-0.1, -0.05) is 24.3 Å². The third-order valence-corrected chi connectivity index (χ3v) is 23.4. The molecule has 5 rings (SSSR count). The molecule has 0 amide bonds. The van der Waals surface area contributed by atoms with Gasteiger partial charge in [-0.05, 0) is 74.7 Å². The van der Waals surface area contributed by atoms with Gasteiger partial charge in [-0.3, -0.25) is 19.9 Å². The average Bonchev–Trinajstić information content (AvgIpc) is 2.90. The zero-order valence-electron chi connectivity index (χ0n) is 20.7. The minimum absolute atomic E-state index is 0.754. The standard InChI is InChI=1S/C24H28N4O4Si4/c1-33(21-13-5-9-17-25-21)29-34(2,22-14-6-10-18-26-22)31-36(4,24-16-8-12-20-28-24)32-35(3,30-33)23-15-7-11-19-27-23/h5-20H,1-4H3. The molecule has 0 unspecified atom stereocenters. The van der Waals surface area contributed by atoms with Crippen LogP contribution in [0.1, 0.15) is 0 Å². The number of aromatic nitrogens is 4. The highest BCUT2D eigenvalue weighted by Gasteiger charge is 2.61. The first kappa shape index (κ1) is 25.0. The molecule has 0 bridgehead atoms. The Hall–Kier alpha value is -2.69. The first-order valence-electron chi connectivity index (χ1n) is 11.7. The number of rotatable bonds is 4. The fraction of sp³-hybridized carbons (Fsp3) is 0.167. The topological polar surface area (TPSA) is 88.5 Å². The summed E-state index contributed by atoms with van der Waals surface area (Å²) in [7, 11) is -12.8. The van der Waals surface area contributed by atoms with Gasteiger partial charge in [-0.15, -0.1) is 0 Å². The second-order valence-corrected chi connectivity index (χ2v) is 21.9. The molecule has 1 saturated heterocycles. The van der Waals surface area contributed by atoms with E-state index in [9.17, 15) is 0 Å². The summed E-state index contributed by atoms with van der Waals surface area (Å²) < 4.78 is 28.5. The first-order chi connectivity index (χ1) is 17.2. The minimum Gasteiger partial charge on any atom is -0.407 e. The van der Waals surface area contributed by atoms with Gasteiger partial charge in [-0.25, -0.2) is 0 Å². The normalized spacial score (nSPS) is 30.8. The van der Waals surface area contributed by atoms with E-state index in [0.29, 0.717) is 0 Å². The van der Waals surface area contributed by atoms with Gasteiger partial charge in [-0.2, -0.15) is 0 Å². The molecule has 1 aliphatic heterocycles. The Labute approximate surface area is 215 Å². The van der Waals surface area contributed by atoms with Crippen molar-refractivity contribution in [3.8, 4) is 0 Å². The fourth-order valence-electron chi connectivity index (χ4n) is 4.51. The number of nitrogens with zero attached hydrogens (tertiary/aromatic N) is 4. The monoisotopic (exact) mass is 548 g/mol. The SMILES string of the molecule is C[Si]1(c2ccccn2)O[Si](C)(c2ccccn2)O[Si](C)(c2ccccn2)O[Si](C)(c2ccccn2)O1. The maximum atomic E-state index is 7.11. The van der Waals surface area contributed by atoms with Crippen molar-refractivity contribution in [2.24, 2.45) is 0 Å². The van der Waals surface area contributed by atoms with Gasteiger partial charge in [0.2, 0.25) is 0 Å². The third kappa shape index (κ3) is 4.81. The van der Waals surface area contributed by atoms with Crippen LogP contribution in [0.4, 0.5) is 0 Å². The van der Waals surface area contributed by atoms with Gasteiger partial charge in [0.15, 0.2) is 0 Å². The highest BCUT2D eigenvalue weighted by atomic mass is 28.5. The van der Waals surface area contributed by atoms with Crippen molar-refractivity contribution in [1.82, 2.24) is 19.9 Å². The molecule has 36 heavy (non-hydrogen) atoms. The molecule has 4 aromatic heterocycles. The lowest BCUT2D eigenvalue weighted by atomic mass is 10.5. The molecule has 0 aromatic carbocycles. The van der Waals surface area contributed by atoms with Gasteiger partial charge < -0.3 is 16.5 Å². The van der Waals surface area contributed by atoms with Crippen molar-refractivity contribution in [1.29, 1.82) is 0 Å². The molecule has 12 heteroatoms. The molecule has 0 saturated carbocycles. The predicted molar refractivity (Wildman–Crippen MR) is 146 cm³/mol.